The Morgan fingerprint density at radius 3 is 2.37 bits per heavy atom. The van der Waals surface area contributed by atoms with E-state index >= 15 is 0 Å². The van der Waals surface area contributed by atoms with Crippen LogP contribution in [0.25, 0.3) is 0 Å². The van der Waals surface area contributed by atoms with Crippen LogP contribution in [0.5, 0.6) is 5.75 Å². The summed E-state index contributed by atoms with van der Waals surface area (Å²) in [4.78, 5) is 36.6. The zero-order chi connectivity index (χ0) is 14.2. The first-order valence-corrected chi connectivity index (χ1v) is 5.98. The molecule has 5 heteroatoms. The molecular weight excluding hydrogens is 246 g/mol. The van der Waals surface area contributed by atoms with Gasteiger partial charge in [0.25, 0.3) is 0 Å². The third kappa shape index (κ3) is 2.23. The lowest BCUT2D eigenvalue weighted by atomic mass is 9.85. The van der Waals surface area contributed by atoms with Gasteiger partial charge in [0, 0.05) is 12.6 Å². The van der Waals surface area contributed by atoms with E-state index in [2.05, 4.69) is 0 Å². The summed E-state index contributed by atoms with van der Waals surface area (Å²) < 4.78 is 5.15. The molecule has 0 radical (unpaired) electrons. The van der Waals surface area contributed by atoms with Crippen molar-refractivity contribution in [2.24, 2.45) is 5.92 Å². The third-order valence-corrected chi connectivity index (χ3v) is 3.33. The van der Waals surface area contributed by atoms with Gasteiger partial charge in [0.1, 0.15) is 23.2 Å². The highest BCUT2D eigenvalue weighted by Crippen LogP contribution is 2.39. The summed E-state index contributed by atoms with van der Waals surface area (Å²) >= 11 is 0. The SMILES string of the molecule is CC(=O)C(C(C)=O)C1c2ccccc2OC(=O)N1C. The van der Waals surface area contributed by atoms with Crippen LogP contribution in [-0.2, 0) is 9.59 Å². The van der Waals surface area contributed by atoms with Crippen LogP contribution in [0.3, 0.4) is 0 Å². The van der Waals surface area contributed by atoms with Gasteiger partial charge >= 0.3 is 6.09 Å². The Bertz CT molecular complexity index is 538. The molecule has 0 bridgehead atoms. The van der Waals surface area contributed by atoms with E-state index in [0.29, 0.717) is 11.3 Å². The van der Waals surface area contributed by atoms with E-state index in [-0.39, 0.29) is 11.6 Å². The molecule has 1 aliphatic heterocycles. The molecule has 1 atom stereocenters. The molecule has 1 aromatic rings. The highest BCUT2D eigenvalue weighted by atomic mass is 16.6. The number of benzene rings is 1. The fourth-order valence-electron chi connectivity index (χ4n) is 2.44. The van der Waals surface area contributed by atoms with Crippen molar-refractivity contribution in [2.75, 3.05) is 7.05 Å². The molecule has 100 valence electrons. The molecule has 0 aliphatic carbocycles. The van der Waals surface area contributed by atoms with Crippen LogP contribution < -0.4 is 4.74 Å². The van der Waals surface area contributed by atoms with Crippen molar-refractivity contribution < 1.29 is 19.1 Å². The Morgan fingerprint density at radius 2 is 1.79 bits per heavy atom. The van der Waals surface area contributed by atoms with Crippen molar-refractivity contribution in [2.45, 2.75) is 19.9 Å². The van der Waals surface area contributed by atoms with Crippen LogP contribution in [0.15, 0.2) is 24.3 Å². The number of hydrogen-bond donors (Lipinski definition) is 0. The zero-order valence-corrected chi connectivity index (χ0v) is 11.0. The van der Waals surface area contributed by atoms with E-state index in [0.717, 1.165) is 0 Å². The number of fused-ring (bicyclic) bond motifs is 1. The van der Waals surface area contributed by atoms with Crippen LogP contribution in [0, 0.1) is 5.92 Å². The second kappa shape index (κ2) is 4.84. The summed E-state index contributed by atoms with van der Waals surface area (Å²) in [6.45, 7) is 2.73. The van der Waals surface area contributed by atoms with E-state index in [4.69, 9.17) is 4.74 Å². The molecule has 1 aromatic carbocycles. The normalized spacial score (nSPS) is 18.0. The molecule has 2 rings (SSSR count). The largest absolute Gasteiger partial charge is 0.415 e. The van der Waals surface area contributed by atoms with Gasteiger partial charge < -0.3 is 9.64 Å². The molecule has 5 nitrogen and oxygen atoms in total. The van der Waals surface area contributed by atoms with Crippen molar-refractivity contribution in [3.63, 3.8) is 0 Å². The monoisotopic (exact) mass is 261 g/mol. The molecule has 1 heterocycles. The number of para-hydroxylation sites is 1. The molecule has 0 aromatic heterocycles. The number of amides is 1. The maximum Gasteiger partial charge on any atom is 0.415 e. The van der Waals surface area contributed by atoms with Crippen LogP contribution in [-0.4, -0.2) is 29.6 Å². The molecule has 19 heavy (non-hydrogen) atoms. The smallest absolute Gasteiger partial charge is 0.410 e. The molecule has 0 saturated carbocycles. The molecule has 1 unspecified atom stereocenters. The van der Waals surface area contributed by atoms with Crippen molar-refractivity contribution in [3.8, 4) is 5.75 Å². The standard InChI is InChI=1S/C14H15NO4/c1-8(16)12(9(2)17)13-10-6-4-5-7-11(10)19-14(18)15(13)3/h4-7,12-13H,1-3H3. The first-order chi connectivity index (χ1) is 8.93. The van der Waals surface area contributed by atoms with Crippen LogP contribution >= 0.6 is 0 Å². The fourth-order valence-corrected chi connectivity index (χ4v) is 2.44. The number of carbonyl (C=O) groups excluding carboxylic acids is 3. The Hall–Kier alpha value is -2.17. The Labute approximate surface area is 111 Å². The minimum atomic E-state index is -0.862. The minimum Gasteiger partial charge on any atom is -0.410 e. The van der Waals surface area contributed by atoms with Crippen LogP contribution in [0.4, 0.5) is 4.79 Å². The van der Waals surface area contributed by atoms with Gasteiger partial charge in [0.05, 0.1) is 6.04 Å². The second-order valence-electron chi connectivity index (χ2n) is 4.66. The Balaban J connectivity index is 2.56. The first-order valence-electron chi connectivity index (χ1n) is 5.98. The summed E-state index contributed by atoms with van der Waals surface area (Å²) in [5, 5.41) is 0. The summed E-state index contributed by atoms with van der Waals surface area (Å²) in [7, 11) is 1.53. The van der Waals surface area contributed by atoms with Gasteiger partial charge in [0.15, 0.2) is 0 Å². The molecular formula is C14H15NO4. The molecule has 0 fully saturated rings. The summed E-state index contributed by atoms with van der Waals surface area (Å²) in [6, 6.07) is 6.35. The predicted octanol–water partition coefficient (Wildman–Crippen LogP) is 1.97. The lowest BCUT2D eigenvalue weighted by Gasteiger charge is -2.36. The van der Waals surface area contributed by atoms with Crippen molar-refractivity contribution in [1.82, 2.24) is 4.90 Å². The number of ether oxygens (including phenoxy) is 1. The van der Waals surface area contributed by atoms with Gasteiger partial charge in [-0.3, -0.25) is 9.59 Å². The zero-order valence-electron chi connectivity index (χ0n) is 11.0. The maximum atomic E-state index is 11.8. The molecule has 1 amide bonds. The summed E-state index contributed by atoms with van der Waals surface area (Å²) in [5.41, 5.74) is 0.681. The van der Waals surface area contributed by atoms with E-state index < -0.39 is 18.1 Å². The Kier molecular flexibility index (Phi) is 3.38. The minimum absolute atomic E-state index is 0.256. The average Bonchev–Trinajstić information content (AvgIpc) is 2.33. The quantitative estimate of drug-likeness (QED) is 0.780. The Morgan fingerprint density at radius 1 is 1.21 bits per heavy atom. The fraction of sp³-hybridized carbons (Fsp3) is 0.357. The van der Waals surface area contributed by atoms with E-state index in [1.165, 1.54) is 25.8 Å². The number of nitrogens with zero attached hydrogens (tertiary/aromatic N) is 1. The van der Waals surface area contributed by atoms with E-state index in [1.54, 1.807) is 24.3 Å². The van der Waals surface area contributed by atoms with Gasteiger partial charge in [0.2, 0.25) is 0 Å². The van der Waals surface area contributed by atoms with Crippen molar-refractivity contribution in [1.29, 1.82) is 0 Å². The topological polar surface area (TPSA) is 63.7 Å². The van der Waals surface area contributed by atoms with Gasteiger partial charge in [-0.05, 0) is 19.9 Å². The average molecular weight is 261 g/mol. The first kappa shape index (κ1) is 13.3. The second-order valence-corrected chi connectivity index (χ2v) is 4.66. The summed E-state index contributed by atoms with van der Waals surface area (Å²) in [6.07, 6.45) is -0.559. The number of ketones is 2. The van der Waals surface area contributed by atoms with Crippen molar-refractivity contribution >= 4 is 17.7 Å². The van der Waals surface area contributed by atoms with Gasteiger partial charge in [-0.15, -0.1) is 0 Å². The third-order valence-electron chi connectivity index (χ3n) is 3.33. The maximum absolute atomic E-state index is 11.8. The molecule has 0 N–H and O–H groups in total. The lowest BCUT2D eigenvalue weighted by Crippen LogP contribution is -2.44. The number of carbonyl (C=O) groups is 3. The van der Waals surface area contributed by atoms with Gasteiger partial charge in [-0.2, -0.15) is 0 Å². The molecule has 0 spiro atoms. The number of hydrogen-bond acceptors (Lipinski definition) is 4. The molecule has 1 aliphatic rings. The summed E-state index contributed by atoms with van der Waals surface area (Å²) in [5.74, 6) is -0.968. The lowest BCUT2D eigenvalue weighted by molar-refractivity contribution is -0.133. The van der Waals surface area contributed by atoms with Gasteiger partial charge in [-0.1, -0.05) is 18.2 Å². The highest BCUT2D eigenvalue weighted by Gasteiger charge is 2.41. The predicted molar refractivity (Wildman–Crippen MR) is 67.8 cm³/mol. The molecule has 0 saturated heterocycles. The number of rotatable bonds is 3. The van der Waals surface area contributed by atoms with Crippen LogP contribution in [0.2, 0.25) is 0 Å². The van der Waals surface area contributed by atoms with Crippen LogP contribution in [0.1, 0.15) is 25.5 Å². The van der Waals surface area contributed by atoms with E-state index in [9.17, 15) is 14.4 Å². The number of Topliss-reactive ketones (excluding diaryl/α,β-unsaturated/α-hetero) is 2. The van der Waals surface area contributed by atoms with E-state index in [1.807, 2.05) is 0 Å². The van der Waals surface area contributed by atoms with Gasteiger partial charge in [-0.25, -0.2) is 4.79 Å². The highest BCUT2D eigenvalue weighted by molar-refractivity contribution is 6.01. The van der Waals surface area contributed by atoms with Crippen molar-refractivity contribution in [3.05, 3.63) is 29.8 Å².